The largest absolute Gasteiger partial charge is 0.304 e. The summed E-state index contributed by atoms with van der Waals surface area (Å²) in [6.45, 7) is 0.501. The van der Waals surface area contributed by atoms with E-state index in [-0.39, 0.29) is 5.56 Å². The summed E-state index contributed by atoms with van der Waals surface area (Å²) in [5, 5.41) is 7.86. The lowest BCUT2D eigenvalue weighted by molar-refractivity contribution is 0.0924. The van der Waals surface area contributed by atoms with E-state index in [0.717, 1.165) is 10.5 Å². The van der Waals surface area contributed by atoms with Gasteiger partial charge in [0.25, 0.3) is 17.7 Å². The Morgan fingerprint density at radius 2 is 1.62 bits per heavy atom. The van der Waals surface area contributed by atoms with Crippen molar-refractivity contribution in [3.05, 3.63) is 111 Å². The molecule has 0 atom stereocenters. The molecule has 168 valence electrons. The zero-order valence-corrected chi connectivity index (χ0v) is 19.9. The number of halogens is 2. The Hall–Kier alpha value is -3.75. The number of carbonyl (C=O) groups excluding carboxylic acids is 3. The van der Waals surface area contributed by atoms with Crippen molar-refractivity contribution in [1.82, 2.24) is 9.78 Å². The molecule has 2 heterocycles. The molecule has 0 bridgehead atoms. The molecule has 1 aromatic heterocycles. The van der Waals surface area contributed by atoms with Crippen molar-refractivity contribution in [2.45, 2.75) is 6.54 Å². The van der Waals surface area contributed by atoms with Gasteiger partial charge in [-0.15, -0.1) is 0 Å². The molecule has 3 aromatic carbocycles. The number of amides is 3. The number of aromatic nitrogens is 2. The average molecular weight is 536 g/mol. The van der Waals surface area contributed by atoms with Gasteiger partial charge >= 0.3 is 0 Å². The second-order valence-corrected chi connectivity index (χ2v) is 8.94. The predicted molar refractivity (Wildman–Crippen MR) is 132 cm³/mol. The molecule has 34 heavy (non-hydrogen) atoms. The molecule has 1 aliphatic heterocycles. The maximum Gasteiger partial charge on any atom is 0.266 e. The number of carbonyl (C=O) groups is 3. The fourth-order valence-corrected chi connectivity index (χ4v) is 4.27. The second kappa shape index (κ2) is 8.89. The molecule has 0 spiro atoms. The van der Waals surface area contributed by atoms with Crippen molar-refractivity contribution in [2.75, 3.05) is 10.2 Å². The van der Waals surface area contributed by atoms with Gasteiger partial charge in [-0.05, 0) is 64.0 Å². The molecule has 7 nitrogen and oxygen atoms in total. The van der Waals surface area contributed by atoms with E-state index >= 15 is 0 Å². The molecule has 0 radical (unpaired) electrons. The lowest BCUT2D eigenvalue weighted by Gasteiger charge is -2.15. The van der Waals surface area contributed by atoms with Crippen LogP contribution in [0.3, 0.4) is 0 Å². The van der Waals surface area contributed by atoms with Gasteiger partial charge in [0, 0.05) is 16.8 Å². The summed E-state index contributed by atoms with van der Waals surface area (Å²) < 4.78 is 2.31. The van der Waals surface area contributed by atoms with Gasteiger partial charge in [-0.1, -0.05) is 41.9 Å². The number of imide groups is 1. The van der Waals surface area contributed by atoms with Gasteiger partial charge in [-0.3, -0.25) is 19.1 Å². The summed E-state index contributed by atoms with van der Waals surface area (Å²) in [4.78, 5) is 39.6. The highest BCUT2D eigenvalue weighted by Crippen LogP contribution is 2.29. The summed E-state index contributed by atoms with van der Waals surface area (Å²) in [6.07, 6.45) is 1.76. The number of anilines is 2. The van der Waals surface area contributed by atoms with E-state index in [4.69, 9.17) is 11.6 Å². The van der Waals surface area contributed by atoms with E-state index in [1.54, 1.807) is 65.5 Å². The molecule has 9 heteroatoms. The molecule has 0 saturated heterocycles. The zero-order valence-electron chi connectivity index (χ0n) is 17.5. The van der Waals surface area contributed by atoms with E-state index in [1.165, 1.54) is 6.07 Å². The highest BCUT2D eigenvalue weighted by Gasteiger charge is 2.36. The van der Waals surface area contributed by atoms with Gasteiger partial charge in [0.2, 0.25) is 0 Å². The Morgan fingerprint density at radius 3 is 2.29 bits per heavy atom. The first-order valence-electron chi connectivity index (χ1n) is 10.3. The minimum absolute atomic E-state index is 0.285. The van der Waals surface area contributed by atoms with Crippen LogP contribution in [0.15, 0.2) is 83.5 Å². The van der Waals surface area contributed by atoms with Crippen LogP contribution in [0.25, 0.3) is 0 Å². The molecule has 0 unspecified atom stereocenters. The summed E-state index contributed by atoms with van der Waals surface area (Å²) in [6, 6.07) is 20.4. The molecular weight excluding hydrogens is 520 g/mol. The quantitative estimate of drug-likeness (QED) is 0.347. The van der Waals surface area contributed by atoms with Gasteiger partial charge in [-0.2, -0.15) is 5.10 Å². The van der Waals surface area contributed by atoms with E-state index < -0.39 is 17.7 Å². The fourth-order valence-electron chi connectivity index (χ4n) is 3.73. The molecule has 3 amide bonds. The third-order valence-corrected chi connectivity index (χ3v) is 6.20. The van der Waals surface area contributed by atoms with Crippen molar-refractivity contribution in [2.24, 2.45) is 0 Å². The van der Waals surface area contributed by atoms with Crippen molar-refractivity contribution < 1.29 is 14.4 Å². The zero-order chi connectivity index (χ0) is 23.8. The normalized spacial score (nSPS) is 12.7. The van der Waals surface area contributed by atoms with Crippen molar-refractivity contribution in [3.63, 3.8) is 0 Å². The lowest BCUT2D eigenvalue weighted by Crippen LogP contribution is -2.29. The number of hydrogen-bond acceptors (Lipinski definition) is 4. The molecule has 1 aliphatic rings. The third-order valence-electron chi connectivity index (χ3n) is 5.37. The Balaban J connectivity index is 1.34. The van der Waals surface area contributed by atoms with Gasteiger partial charge in [0.1, 0.15) is 0 Å². The summed E-state index contributed by atoms with van der Waals surface area (Å²) >= 11 is 9.36. The predicted octanol–water partition coefficient (Wildman–Crippen LogP) is 5.40. The Bertz CT molecular complexity index is 1410. The average Bonchev–Trinajstić information content (AvgIpc) is 3.31. The molecule has 1 N–H and O–H groups in total. The molecule has 4 aromatic rings. The summed E-state index contributed by atoms with van der Waals surface area (Å²) in [7, 11) is 0. The Morgan fingerprint density at radius 1 is 0.941 bits per heavy atom. The van der Waals surface area contributed by atoms with Crippen molar-refractivity contribution in [1.29, 1.82) is 0 Å². The first-order valence-corrected chi connectivity index (χ1v) is 11.4. The Kier molecular flexibility index (Phi) is 5.77. The van der Waals surface area contributed by atoms with Crippen molar-refractivity contribution in [3.8, 4) is 0 Å². The van der Waals surface area contributed by atoms with E-state index in [2.05, 4.69) is 26.3 Å². The SMILES string of the molecule is O=C(Nc1nn(Cc2ccc(Cl)cc2)cc1Br)c1cccc(N2C(=O)c3ccccc3C2=O)c1. The monoisotopic (exact) mass is 534 g/mol. The molecular formula is C25H16BrClN4O3. The van der Waals surface area contributed by atoms with Crippen LogP contribution in [0.5, 0.6) is 0 Å². The van der Waals surface area contributed by atoms with Gasteiger partial charge in [-0.25, -0.2) is 4.90 Å². The number of nitrogens with zero attached hydrogens (tertiary/aromatic N) is 3. The minimum Gasteiger partial charge on any atom is -0.304 e. The summed E-state index contributed by atoms with van der Waals surface area (Å²) in [5.41, 5.74) is 2.31. The molecule has 5 rings (SSSR count). The van der Waals surface area contributed by atoms with Crippen LogP contribution >= 0.6 is 27.5 Å². The van der Waals surface area contributed by atoms with Gasteiger partial charge < -0.3 is 5.32 Å². The number of nitrogens with one attached hydrogen (secondary N) is 1. The van der Waals surface area contributed by atoms with Crippen LogP contribution in [0.2, 0.25) is 5.02 Å². The van der Waals surface area contributed by atoms with Crippen LogP contribution in [-0.2, 0) is 6.54 Å². The van der Waals surface area contributed by atoms with Crippen LogP contribution in [-0.4, -0.2) is 27.5 Å². The number of fused-ring (bicyclic) bond motifs is 1. The van der Waals surface area contributed by atoms with Gasteiger partial charge in [0.15, 0.2) is 5.82 Å². The van der Waals surface area contributed by atoms with E-state index in [1.807, 2.05) is 12.1 Å². The first-order chi connectivity index (χ1) is 16.4. The summed E-state index contributed by atoms with van der Waals surface area (Å²) in [5.74, 6) is -0.898. The molecule has 0 fully saturated rings. The van der Waals surface area contributed by atoms with Crippen LogP contribution < -0.4 is 10.2 Å². The standard InChI is InChI=1S/C25H16BrClN4O3/c26-21-14-30(13-15-8-10-17(27)11-9-15)29-22(21)28-23(32)16-4-3-5-18(12-16)31-24(33)19-6-1-2-7-20(19)25(31)34/h1-12,14H,13H2,(H,28,29,32). The first kappa shape index (κ1) is 22.1. The number of hydrogen-bond donors (Lipinski definition) is 1. The second-order valence-electron chi connectivity index (χ2n) is 7.65. The van der Waals surface area contributed by atoms with Crippen molar-refractivity contribution >= 4 is 56.8 Å². The maximum absolute atomic E-state index is 12.9. The third kappa shape index (κ3) is 4.13. The smallest absolute Gasteiger partial charge is 0.266 e. The highest BCUT2D eigenvalue weighted by molar-refractivity contribution is 9.10. The number of benzene rings is 3. The maximum atomic E-state index is 12.9. The fraction of sp³-hybridized carbons (Fsp3) is 0.0400. The topological polar surface area (TPSA) is 84.3 Å². The Labute approximate surface area is 208 Å². The minimum atomic E-state index is -0.420. The lowest BCUT2D eigenvalue weighted by atomic mass is 10.1. The van der Waals surface area contributed by atoms with E-state index in [0.29, 0.717) is 38.7 Å². The number of rotatable bonds is 5. The van der Waals surface area contributed by atoms with Crippen LogP contribution in [0.1, 0.15) is 36.6 Å². The van der Waals surface area contributed by atoms with Gasteiger partial charge in [0.05, 0.1) is 27.8 Å². The molecule has 0 aliphatic carbocycles. The van der Waals surface area contributed by atoms with Crippen LogP contribution in [0, 0.1) is 0 Å². The van der Waals surface area contributed by atoms with E-state index in [9.17, 15) is 14.4 Å². The molecule has 0 saturated carbocycles. The highest BCUT2D eigenvalue weighted by atomic mass is 79.9. The van der Waals surface area contributed by atoms with Crippen LogP contribution in [0.4, 0.5) is 11.5 Å².